The van der Waals surface area contributed by atoms with Crippen LogP contribution in [0, 0.1) is 20.8 Å². The van der Waals surface area contributed by atoms with Gasteiger partial charge in [-0.1, -0.05) is 66.7 Å². The lowest BCUT2D eigenvalue weighted by atomic mass is 9.99. The zero-order chi connectivity index (χ0) is 20.4. The van der Waals surface area contributed by atoms with Gasteiger partial charge in [-0.15, -0.1) is 0 Å². The largest absolute Gasteiger partial charge is 0.366 e. The molecule has 0 unspecified atom stereocenters. The SMILES string of the molecule is Cc1ccc(-c2ccc(-c3cc(NCc4ccccc4C)n(C)n3)cc2)cc1C. The molecule has 0 aliphatic rings. The summed E-state index contributed by atoms with van der Waals surface area (Å²) in [6, 6.07) is 25.8. The highest BCUT2D eigenvalue weighted by atomic mass is 15.3. The Morgan fingerprint density at radius 3 is 2.14 bits per heavy atom. The Hall–Kier alpha value is -3.33. The summed E-state index contributed by atoms with van der Waals surface area (Å²) in [6.07, 6.45) is 0. The molecular formula is C26H27N3. The van der Waals surface area contributed by atoms with Crippen LogP contribution in [-0.4, -0.2) is 9.78 Å². The molecule has 0 aliphatic heterocycles. The molecule has 0 bridgehead atoms. The van der Waals surface area contributed by atoms with Crippen molar-refractivity contribution in [1.82, 2.24) is 9.78 Å². The van der Waals surface area contributed by atoms with Crippen LogP contribution in [0.3, 0.4) is 0 Å². The molecule has 0 amide bonds. The second-order valence-corrected chi connectivity index (χ2v) is 7.69. The zero-order valence-corrected chi connectivity index (χ0v) is 17.5. The fourth-order valence-corrected chi connectivity index (χ4v) is 3.52. The third-order valence-electron chi connectivity index (χ3n) is 5.62. The van der Waals surface area contributed by atoms with E-state index in [2.05, 4.69) is 98.9 Å². The van der Waals surface area contributed by atoms with Gasteiger partial charge >= 0.3 is 0 Å². The van der Waals surface area contributed by atoms with Crippen molar-refractivity contribution in [3.8, 4) is 22.4 Å². The molecule has 3 aromatic carbocycles. The topological polar surface area (TPSA) is 29.9 Å². The first kappa shape index (κ1) is 19.0. The second-order valence-electron chi connectivity index (χ2n) is 7.69. The average molecular weight is 382 g/mol. The summed E-state index contributed by atoms with van der Waals surface area (Å²) in [7, 11) is 1.98. The zero-order valence-electron chi connectivity index (χ0n) is 17.5. The Morgan fingerprint density at radius 1 is 0.724 bits per heavy atom. The van der Waals surface area contributed by atoms with Crippen LogP contribution in [0.5, 0.6) is 0 Å². The molecule has 1 heterocycles. The van der Waals surface area contributed by atoms with Crippen LogP contribution < -0.4 is 5.32 Å². The number of benzene rings is 3. The van der Waals surface area contributed by atoms with E-state index < -0.39 is 0 Å². The summed E-state index contributed by atoms with van der Waals surface area (Å²) in [6.45, 7) is 7.24. The van der Waals surface area contributed by atoms with Gasteiger partial charge in [0.25, 0.3) is 0 Å². The number of nitrogens with zero attached hydrogens (tertiary/aromatic N) is 2. The molecule has 1 aromatic heterocycles. The molecule has 0 radical (unpaired) electrons. The Labute approximate surface area is 173 Å². The summed E-state index contributed by atoms with van der Waals surface area (Å²) in [5, 5.41) is 8.21. The van der Waals surface area contributed by atoms with Gasteiger partial charge in [0.05, 0.1) is 5.69 Å². The molecule has 3 heteroatoms. The van der Waals surface area contributed by atoms with Gasteiger partial charge in [-0.25, -0.2) is 0 Å². The minimum Gasteiger partial charge on any atom is -0.366 e. The third kappa shape index (κ3) is 4.09. The normalized spacial score (nSPS) is 10.9. The first-order chi connectivity index (χ1) is 14.0. The molecule has 4 rings (SSSR count). The van der Waals surface area contributed by atoms with Gasteiger partial charge in [0.15, 0.2) is 0 Å². The molecule has 0 atom stereocenters. The van der Waals surface area contributed by atoms with Crippen LogP contribution in [0.15, 0.2) is 72.8 Å². The fourth-order valence-electron chi connectivity index (χ4n) is 3.52. The smallest absolute Gasteiger partial charge is 0.124 e. The molecule has 4 aromatic rings. The van der Waals surface area contributed by atoms with E-state index >= 15 is 0 Å². The summed E-state index contributed by atoms with van der Waals surface area (Å²) in [5.41, 5.74) is 9.82. The summed E-state index contributed by atoms with van der Waals surface area (Å²) < 4.78 is 1.91. The molecule has 0 saturated heterocycles. The van der Waals surface area contributed by atoms with Gasteiger partial charge in [-0.2, -0.15) is 5.10 Å². The number of aryl methyl sites for hydroxylation is 4. The van der Waals surface area contributed by atoms with Crippen LogP contribution in [0.25, 0.3) is 22.4 Å². The van der Waals surface area contributed by atoms with Gasteiger partial charge in [0.2, 0.25) is 0 Å². The van der Waals surface area contributed by atoms with Gasteiger partial charge in [-0.3, -0.25) is 4.68 Å². The van der Waals surface area contributed by atoms with Crippen molar-refractivity contribution in [2.24, 2.45) is 7.05 Å². The lowest BCUT2D eigenvalue weighted by Gasteiger charge is -2.08. The van der Waals surface area contributed by atoms with Crippen molar-refractivity contribution in [1.29, 1.82) is 0 Å². The summed E-state index contributed by atoms with van der Waals surface area (Å²) >= 11 is 0. The standard InChI is InChI=1S/C26H27N3/c1-18-9-10-23(15-20(18)3)21-11-13-22(14-12-21)25-16-26(29(4)28-25)27-17-24-8-6-5-7-19(24)2/h5-16,27H,17H2,1-4H3. The van der Waals surface area contributed by atoms with Crippen LogP contribution in [0.2, 0.25) is 0 Å². The van der Waals surface area contributed by atoms with Crippen LogP contribution in [0.1, 0.15) is 22.3 Å². The maximum atomic E-state index is 4.70. The highest BCUT2D eigenvalue weighted by Crippen LogP contribution is 2.27. The minimum atomic E-state index is 0.789. The second kappa shape index (κ2) is 7.96. The number of rotatable bonds is 5. The molecule has 0 aliphatic carbocycles. The third-order valence-corrected chi connectivity index (χ3v) is 5.62. The number of hydrogen-bond acceptors (Lipinski definition) is 2. The van der Waals surface area contributed by atoms with Crippen molar-refractivity contribution in [2.75, 3.05) is 5.32 Å². The molecule has 0 spiro atoms. The number of hydrogen-bond donors (Lipinski definition) is 1. The summed E-state index contributed by atoms with van der Waals surface area (Å²) in [5.74, 6) is 1.02. The summed E-state index contributed by atoms with van der Waals surface area (Å²) in [4.78, 5) is 0. The molecule has 29 heavy (non-hydrogen) atoms. The minimum absolute atomic E-state index is 0.789. The number of anilines is 1. The van der Waals surface area contributed by atoms with Crippen molar-refractivity contribution in [3.05, 3.63) is 95.1 Å². The predicted molar refractivity (Wildman–Crippen MR) is 122 cm³/mol. The van der Waals surface area contributed by atoms with Gasteiger partial charge in [0.1, 0.15) is 5.82 Å². The quantitative estimate of drug-likeness (QED) is 0.440. The van der Waals surface area contributed by atoms with E-state index in [4.69, 9.17) is 5.10 Å². The Balaban J connectivity index is 1.52. The maximum absolute atomic E-state index is 4.70. The number of aromatic nitrogens is 2. The Bertz CT molecular complexity index is 1140. The molecule has 0 saturated carbocycles. The highest BCUT2D eigenvalue weighted by molar-refractivity contribution is 5.70. The van der Waals surface area contributed by atoms with Crippen molar-refractivity contribution in [3.63, 3.8) is 0 Å². The maximum Gasteiger partial charge on any atom is 0.124 e. The molecular weight excluding hydrogens is 354 g/mol. The lowest BCUT2D eigenvalue weighted by molar-refractivity contribution is 0.771. The van der Waals surface area contributed by atoms with E-state index in [0.717, 1.165) is 23.6 Å². The van der Waals surface area contributed by atoms with Crippen LogP contribution >= 0.6 is 0 Å². The van der Waals surface area contributed by atoms with Crippen LogP contribution in [-0.2, 0) is 13.6 Å². The monoisotopic (exact) mass is 381 g/mol. The molecule has 3 nitrogen and oxygen atoms in total. The van der Waals surface area contributed by atoms with Gasteiger partial charge in [0, 0.05) is 25.2 Å². The van der Waals surface area contributed by atoms with E-state index in [0.29, 0.717) is 0 Å². The van der Waals surface area contributed by atoms with E-state index in [-0.39, 0.29) is 0 Å². The number of nitrogens with one attached hydrogen (secondary N) is 1. The van der Waals surface area contributed by atoms with Gasteiger partial charge < -0.3 is 5.32 Å². The Morgan fingerprint density at radius 2 is 1.41 bits per heavy atom. The lowest BCUT2D eigenvalue weighted by Crippen LogP contribution is -2.05. The van der Waals surface area contributed by atoms with E-state index in [1.165, 1.54) is 33.4 Å². The molecule has 146 valence electrons. The molecule has 1 N–H and O–H groups in total. The highest BCUT2D eigenvalue weighted by Gasteiger charge is 2.08. The fraction of sp³-hybridized carbons (Fsp3) is 0.192. The Kier molecular flexibility index (Phi) is 5.22. The van der Waals surface area contributed by atoms with E-state index in [9.17, 15) is 0 Å². The molecule has 0 fully saturated rings. The predicted octanol–water partition coefficient (Wildman–Crippen LogP) is 6.29. The average Bonchev–Trinajstić information content (AvgIpc) is 3.10. The van der Waals surface area contributed by atoms with E-state index in [1.807, 2.05) is 11.7 Å². The van der Waals surface area contributed by atoms with Crippen molar-refractivity contribution < 1.29 is 0 Å². The van der Waals surface area contributed by atoms with Gasteiger partial charge in [-0.05, 0) is 54.2 Å². The van der Waals surface area contributed by atoms with Crippen molar-refractivity contribution in [2.45, 2.75) is 27.3 Å². The van der Waals surface area contributed by atoms with Crippen molar-refractivity contribution >= 4 is 5.82 Å². The van der Waals surface area contributed by atoms with E-state index in [1.54, 1.807) is 0 Å². The van der Waals surface area contributed by atoms with Crippen LogP contribution in [0.4, 0.5) is 5.82 Å². The first-order valence-electron chi connectivity index (χ1n) is 10.0. The first-order valence-corrected chi connectivity index (χ1v) is 10.0.